The number of aromatic nitrogens is 2. The van der Waals surface area contributed by atoms with E-state index in [1.54, 1.807) is 29.0 Å². The van der Waals surface area contributed by atoms with Crippen molar-refractivity contribution < 1.29 is 22.0 Å². The predicted molar refractivity (Wildman–Crippen MR) is 119 cm³/mol. The minimum atomic E-state index is -3.90. The summed E-state index contributed by atoms with van der Waals surface area (Å²) in [5.41, 5.74) is 0.904. The molecule has 0 saturated carbocycles. The Bertz CT molecular complexity index is 1500. The largest absolute Gasteiger partial charge is 0.268 e. The SMILES string of the molecule is CS(=O)(=O)NC(=O)c1cc(Cl)c(-n2nc(-c3cccc(F)c3)c3cc(Cl)ccc32)cc1F. The number of sulfonamides is 1. The Kier molecular flexibility index (Phi) is 5.66. The fourth-order valence-electron chi connectivity index (χ4n) is 3.22. The van der Waals surface area contributed by atoms with Gasteiger partial charge in [0.05, 0.1) is 28.0 Å². The van der Waals surface area contributed by atoms with Gasteiger partial charge in [0.25, 0.3) is 5.91 Å². The molecule has 4 rings (SSSR count). The fourth-order valence-corrected chi connectivity index (χ4v) is 4.08. The lowest BCUT2D eigenvalue weighted by Crippen LogP contribution is -2.30. The van der Waals surface area contributed by atoms with Gasteiger partial charge in [-0.2, -0.15) is 5.10 Å². The molecule has 1 amide bonds. The van der Waals surface area contributed by atoms with Crippen molar-refractivity contribution >= 4 is 50.0 Å². The van der Waals surface area contributed by atoms with Gasteiger partial charge in [-0.15, -0.1) is 0 Å². The molecule has 0 aliphatic rings. The Morgan fingerprint density at radius 1 is 1.06 bits per heavy atom. The van der Waals surface area contributed by atoms with Crippen molar-refractivity contribution in [3.8, 4) is 16.9 Å². The second-order valence-corrected chi connectivity index (χ2v) is 9.51. The molecule has 4 aromatic rings. The maximum atomic E-state index is 14.8. The molecule has 0 spiro atoms. The highest BCUT2D eigenvalue weighted by Crippen LogP contribution is 2.34. The fraction of sp³-hybridized carbons (Fsp3) is 0.0476. The molecule has 6 nitrogen and oxygen atoms in total. The number of hydrogen-bond donors (Lipinski definition) is 1. The van der Waals surface area contributed by atoms with Crippen LogP contribution in [0.1, 0.15) is 10.4 Å². The quantitative estimate of drug-likeness (QED) is 0.433. The van der Waals surface area contributed by atoms with Crippen LogP contribution in [-0.2, 0) is 10.0 Å². The van der Waals surface area contributed by atoms with Crippen molar-refractivity contribution in [3.63, 3.8) is 0 Å². The molecular formula is C21H13Cl2F2N3O3S. The van der Waals surface area contributed by atoms with Gasteiger partial charge in [-0.1, -0.05) is 35.3 Å². The molecule has 3 aromatic carbocycles. The number of carbonyl (C=O) groups excluding carboxylic acids is 1. The molecular weight excluding hydrogens is 483 g/mol. The van der Waals surface area contributed by atoms with Gasteiger partial charge in [-0.05, 0) is 36.4 Å². The molecule has 0 saturated heterocycles. The van der Waals surface area contributed by atoms with Crippen LogP contribution in [-0.4, -0.2) is 30.4 Å². The summed E-state index contributed by atoms with van der Waals surface area (Å²) in [5.74, 6) is -2.62. The summed E-state index contributed by atoms with van der Waals surface area (Å²) in [6.07, 6.45) is 0.772. The summed E-state index contributed by atoms with van der Waals surface area (Å²) >= 11 is 12.5. The molecule has 164 valence electrons. The molecule has 0 aliphatic heterocycles. The maximum Gasteiger partial charge on any atom is 0.267 e. The van der Waals surface area contributed by atoms with Crippen molar-refractivity contribution in [2.75, 3.05) is 6.26 Å². The van der Waals surface area contributed by atoms with E-state index in [-0.39, 0.29) is 10.7 Å². The van der Waals surface area contributed by atoms with Crippen LogP contribution in [0.25, 0.3) is 27.8 Å². The van der Waals surface area contributed by atoms with Crippen LogP contribution in [0.3, 0.4) is 0 Å². The van der Waals surface area contributed by atoms with Gasteiger partial charge < -0.3 is 0 Å². The summed E-state index contributed by atoms with van der Waals surface area (Å²) in [7, 11) is -3.90. The smallest absolute Gasteiger partial charge is 0.267 e. The minimum absolute atomic E-state index is 0.0600. The van der Waals surface area contributed by atoms with E-state index in [2.05, 4.69) is 5.10 Å². The van der Waals surface area contributed by atoms with E-state index in [4.69, 9.17) is 23.2 Å². The molecule has 0 unspecified atom stereocenters. The summed E-state index contributed by atoms with van der Waals surface area (Å²) in [6.45, 7) is 0. The third kappa shape index (κ3) is 4.32. The third-order valence-corrected chi connectivity index (χ3v) is 5.62. The average molecular weight is 496 g/mol. The van der Waals surface area contributed by atoms with Crippen molar-refractivity contribution in [1.82, 2.24) is 14.5 Å². The number of hydrogen-bond acceptors (Lipinski definition) is 4. The zero-order valence-corrected chi connectivity index (χ0v) is 18.6. The number of nitrogens with one attached hydrogen (secondary N) is 1. The van der Waals surface area contributed by atoms with Gasteiger partial charge in [0, 0.05) is 22.0 Å². The molecule has 32 heavy (non-hydrogen) atoms. The number of carbonyl (C=O) groups is 1. The van der Waals surface area contributed by atoms with Crippen LogP contribution in [0.4, 0.5) is 8.78 Å². The molecule has 11 heteroatoms. The molecule has 1 aromatic heterocycles. The highest BCUT2D eigenvalue weighted by molar-refractivity contribution is 7.89. The molecule has 0 radical (unpaired) electrons. The van der Waals surface area contributed by atoms with E-state index in [9.17, 15) is 22.0 Å². The first kappa shape index (κ1) is 22.2. The molecule has 0 aliphatic carbocycles. The molecule has 1 N–H and O–H groups in total. The van der Waals surface area contributed by atoms with Crippen molar-refractivity contribution in [2.45, 2.75) is 0 Å². The topological polar surface area (TPSA) is 81.1 Å². The third-order valence-electron chi connectivity index (χ3n) is 4.53. The van der Waals surface area contributed by atoms with Gasteiger partial charge in [0.1, 0.15) is 17.3 Å². The molecule has 0 fully saturated rings. The Morgan fingerprint density at radius 3 is 2.50 bits per heavy atom. The first-order valence-electron chi connectivity index (χ1n) is 8.99. The number of fused-ring (bicyclic) bond motifs is 1. The lowest BCUT2D eigenvalue weighted by molar-refractivity contribution is 0.0978. The number of benzene rings is 3. The summed E-state index contributed by atoms with van der Waals surface area (Å²) < 4.78 is 54.2. The van der Waals surface area contributed by atoms with E-state index < -0.39 is 33.1 Å². The standard InChI is InChI=1S/C21H13Cl2F2N3O3S/c1-32(30,31)27-21(29)14-9-16(23)19(10-17(14)25)28-18-6-5-12(22)8-15(18)20(26-28)11-3-2-4-13(24)7-11/h2-10H,1H3,(H,27,29). The first-order valence-corrected chi connectivity index (χ1v) is 11.6. The summed E-state index contributed by atoms with van der Waals surface area (Å²) in [4.78, 5) is 12.1. The molecule has 0 atom stereocenters. The second kappa shape index (κ2) is 8.16. The number of rotatable bonds is 4. The van der Waals surface area contributed by atoms with E-state index >= 15 is 0 Å². The lowest BCUT2D eigenvalue weighted by atomic mass is 10.1. The average Bonchev–Trinajstić information content (AvgIpc) is 3.06. The Labute approximate surface area is 191 Å². The van der Waals surface area contributed by atoms with E-state index in [1.165, 1.54) is 22.9 Å². The van der Waals surface area contributed by atoms with Gasteiger partial charge in [0.15, 0.2) is 0 Å². The minimum Gasteiger partial charge on any atom is -0.268 e. The molecule has 0 bridgehead atoms. The van der Waals surface area contributed by atoms with Crippen LogP contribution in [0.5, 0.6) is 0 Å². The monoisotopic (exact) mass is 495 g/mol. The highest BCUT2D eigenvalue weighted by atomic mass is 35.5. The first-order chi connectivity index (χ1) is 15.0. The number of nitrogens with zero attached hydrogens (tertiary/aromatic N) is 2. The van der Waals surface area contributed by atoms with E-state index in [0.29, 0.717) is 27.2 Å². The number of halogens is 4. The van der Waals surface area contributed by atoms with Crippen molar-refractivity contribution in [1.29, 1.82) is 0 Å². The lowest BCUT2D eigenvalue weighted by Gasteiger charge is -2.10. The van der Waals surface area contributed by atoms with Crippen LogP contribution < -0.4 is 4.72 Å². The maximum absolute atomic E-state index is 14.8. The van der Waals surface area contributed by atoms with Gasteiger partial charge in [0.2, 0.25) is 10.0 Å². The van der Waals surface area contributed by atoms with Gasteiger partial charge in [-0.25, -0.2) is 26.6 Å². The van der Waals surface area contributed by atoms with Crippen molar-refractivity contribution in [3.05, 3.63) is 81.8 Å². The van der Waals surface area contributed by atoms with Crippen molar-refractivity contribution in [2.24, 2.45) is 0 Å². The highest BCUT2D eigenvalue weighted by Gasteiger charge is 2.21. The van der Waals surface area contributed by atoms with Gasteiger partial charge in [-0.3, -0.25) is 4.79 Å². The Balaban J connectivity index is 1.91. The van der Waals surface area contributed by atoms with Crippen LogP contribution in [0.15, 0.2) is 54.6 Å². The Hall–Kier alpha value is -3.01. The zero-order valence-electron chi connectivity index (χ0n) is 16.2. The van der Waals surface area contributed by atoms with Crippen LogP contribution in [0.2, 0.25) is 10.0 Å². The zero-order chi connectivity index (χ0) is 23.2. The van der Waals surface area contributed by atoms with E-state index in [1.807, 2.05) is 0 Å². The Morgan fingerprint density at radius 2 is 1.81 bits per heavy atom. The summed E-state index contributed by atoms with van der Waals surface area (Å²) in [6, 6.07) is 12.7. The predicted octanol–water partition coefficient (Wildman–Crippen LogP) is 4.97. The van der Waals surface area contributed by atoms with Crippen LogP contribution >= 0.6 is 23.2 Å². The second-order valence-electron chi connectivity index (χ2n) is 6.92. The summed E-state index contributed by atoms with van der Waals surface area (Å²) in [5, 5.41) is 5.42. The number of amides is 1. The van der Waals surface area contributed by atoms with Crippen LogP contribution in [0, 0.1) is 11.6 Å². The van der Waals surface area contributed by atoms with E-state index in [0.717, 1.165) is 18.4 Å². The molecule has 1 heterocycles. The normalized spacial score (nSPS) is 11.7. The van der Waals surface area contributed by atoms with Gasteiger partial charge >= 0.3 is 0 Å².